The fraction of sp³-hybridized carbons (Fsp3) is 0.500. The zero-order valence-electron chi connectivity index (χ0n) is 8.79. The Balaban J connectivity index is 2.33. The zero-order chi connectivity index (χ0) is 12.0. The number of Topliss-reactive ketones (excluding diaryl/α,β-unsaturated/α-hetero) is 1. The minimum atomic E-state index is -0.148. The van der Waals surface area contributed by atoms with Crippen molar-refractivity contribution in [3.05, 3.63) is 20.3 Å². The molecule has 1 heterocycles. The van der Waals surface area contributed by atoms with E-state index in [0.29, 0.717) is 27.4 Å². The monoisotopic (exact) mass is 282 g/mol. The highest BCUT2D eigenvalue weighted by Gasteiger charge is 2.13. The van der Waals surface area contributed by atoms with Gasteiger partial charge in [-0.3, -0.25) is 4.79 Å². The van der Waals surface area contributed by atoms with E-state index >= 15 is 0 Å². The minimum absolute atomic E-state index is 0.0243. The van der Waals surface area contributed by atoms with Gasteiger partial charge in [0.15, 0.2) is 5.78 Å². The van der Waals surface area contributed by atoms with Gasteiger partial charge in [-0.25, -0.2) is 0 Å². The molecule has 0 spiro atoms. The number of halogens is 2. The summed E-state index contributed by atoms with van der Waals surface area (Å²) in [7, 11) is 1.62. The van der Waals surface area contributed by atoms with E-state index in [1.165, 1.54) is 11.3 Å². The number of hydrogen-bond acceptors (Lipinski definition) is 4. The number of methoxy groups -OCH3 is 1. The highest BCUT2D eigenvalue weighted by molar-refractivity contribution is 7.20. The summed E-state index contributed by atoms with van der Waals surface area (Å²) in [6.45, 7) is 1.14. The number of hydrogen-bond donors (Lipinski definition) is 0. The molecular formula is C10H12Cl2O3S. The average molecular weight is 283 g/mol. The van der Waals surface area contributed by atoms with Crippen molar-refractivity contribution in [3.63, 3.8) is 0 Å². The van der Waals surface area contributed by atoms with Crippen LogP contribution in [-0.4, -0.2) is 32.7 Å². The predicted octanol–water partition coefficient (Wildman–Crippen LogP) is 3.29. The highest BCUT2D eigenvalue weighted by atomic mass is 35.5. The first kappa shape index (κ1) is 13.9. The third kappa shape index (κ3) is 4.39. The molecule has 0 atom stereocenters. The van der Waals surface area contributed by atoms with Crippen LogP contribution in [0.2, 0.25) is 8.67 Å². The molecule has 0 aromatic carbocycles. The molecule has 0 saturated carbocycles. The average Bonchev–Trinajstić information content (AvgIpc) is 2.57. The number of carbonyl (C=O) groups is 1. The summed E-state index contributed by atoms with van der Waals surface area (Å²) >= 11 is 12.8. The summed E-state index contributed by atoms with van der Waals surface area (Å²) in [6.07, 6.45) is 0.766. The standard InChI is InChI=1S/C10H12Cl2O3S/c1-14-3-2-4-15-6-8(13)7-5-9(11)16-10(7)12/h5H,2-4,6H2,1H3. The van der Waals surface area contributed by atoms with E-state index in [-0.39, 0.29) is 12.4 Å². The lowest BCUT2D eigenvalue weighted by Gasteiger charge is -2.02. The Hall–Kier alpha value is -0.130. The Morgan fingerprint density at radius 3 is 2.75 bits per heavy atom. The van der Waals surface area contributed by atoms with Crippen LogP contribution in [0.15, 0.2) is 6.07 Å². The molecule has 0 radical (unpaired) electrons. The molecule has 0 bridgehead atoms. The Kier molecular flexibility index (Phi) is 6.31. The maximum absolute atomic E-state index is 11.6. The second-order valence-electron chi connectivity index (χ2n) is 3.06. The van der Waals surface area contributed by atoms with Crippen molar-refractivity contribution in [1.29, 1.82) is 0 Å². The molecule has 3 nitrogen and oxygen atoms in total. The molecule has 0 aliphatic carbocycles. The van der Waals surface area contributed by atoms with E-state index in [0.717, 1.165) is 6.42 Å². The molecule has 1 rings (SSSR count). The largest absolute Gasteiger partial charge is 0.385 e. The van der Waals surface area contributed by atoms with Crippen LogP contribution in [0.4, 0.5) is 0 Å². The second-order valence-corrected chi connectivity index (χ2v) is 5.35. The van der Waals surface area contributed by atoms with Gasteiger partial charge in [0.1, 0.15) is 10.9 Å². The van der Waals surface area contributed by atoms with E-state index in [4.69, 9.17) is 32.7 Å². The highest BCUT2D eigenvalue weighted by Crippen LogP contribution is 2.31. The van der Waals surface area contributed by atoms with Gasteiger partial charge in [0.2, 0.25) is 0 Å². The fourth-order valence-corrected chi connectivity index (χ4v) is 2.58. The molecule has 0 saturated heterocycles. The molecule has 90 valence electrons. The van der Waals surface area contributed by atoms with Crippen LogP contribution in [0, 0.1) is 0 Å². The summed E-state index contributed by atoms with van der Waals surface area (Å²) < 4.78 is 11.0. The van der Waals surface area contributed by atoms with Gasteiger partial charge in [-0.05, 0) is 12.5 Å². The van der Waals surface area contributed by atoms with Gasteiger partial charge >= 0.3 is 0 Å². The van der Waals surface area contributed by atoms with Crippen LogP contribution in [-0.2, 0) is 9.47 Å². The molecule has 16 heavy (non-hydrogen) atoms. The summed E-state index contributed by atoms with van der Waals surface area (Å²) in [4.78, 5) is 11.6. The molecule has 0 aliphatic rings. The fourth-order valence-electron chi connectivity index (χ4n) is 1.08. The molecule has 0 aliphatic heterocycles. The van der Waals surface area contributed by atoms with Crippen LogP contribution < -0.4 is 0 Å². The first-order chi connectivity index (χ1) is 7.65. The number of rotatable bonds is 7. The van der Waals surface area contributed by atoms with Gasteiger partial charge in [-0.15, -0.1) is 11.3 Å². The van der Waals surface area contributed by atoms with Gasteiger partial charge in [0, 0.05) is 20.3 Å². The lowest BCUT2D eigenvalue weighted by molar-refractivity contribution is 0.0705. The van der Waals surface area contributed by atoms with Crippen molar-refractivity contribution in [2.75, 3.05) is 26.9 Å². The lowest BCUT2D eigenvalue weighted by Crippen LogP contribution is -2.10. The van der Waals surface area contributed by atoms with Crippen molar-refractivity contribution in [1.82, 2.24) is 0 Å². The zero-order valence-corrected chi connectivity index (χ0v) is 11.1. The van der Waals surface area contributed by atoms with Gasteiger partial charge < -0.3 is 9.47 Å². The molecule has 0 amide bonds. The van der Waals surface area contributed by atoms with Crippen molar-refractivity contribution in [2.24, 2.45) is 0 Å². The van der Waals surface area contributed by atoms with E-state index in [2.05, 4.69) is 0 Å². The molecule has 6 heteroatoms. The van der Waals surface area contributed by atoms with E-state index in [9.17, 15) is 4.79 Å². The van der Waals surface area contributed by atoms with Crippen LogP contribution >= 0.6 is 34.5 Å². The summed E-state index contributed by atoms with van der Waals surface area (Å²) in [5.74, 6) is -0.148. The van der Waals surface area contributed by atoms with E-state index in [1.54, 1.807) is 13.2 Å². The topological polar surface area (TPSA) is 35.5 Å². The van der Waals surface area contributed by atoms with Crippen molar-refractivity contribution in [2.45, 2.75) is 6.42 Å². The van der Waals surface area contributed by atoms with E-state index < -0.39 is 0 Å². The molecular weight excluding hydrogens is 271 g/mol. The number of ether oxygens (including phenoxy) is 2. The Bertz CT molecular complexity index is 352. The van der Waals surface area contributed by atoms with Gasteiger partial charge in [-0.1, -0.05) is 23.2 Å². The second kappa shape index (κ2) is 7.25. The molecule has 0 unspecified atom stereocenters. The van der Waals surface area contributed by atoms with Crippen LogP contribution in [0.1, 0.15) is 16.8 Å². The molecule has 1 aromatic rings. The van der Waals surface area contributed by atoms with Crippen LogP contribution in [0.5, 0.6) is 0 Å². The summed E-state index contributed by atoms with van der Waals surface area (Å²) in [5.41, 5.74) is 0.434. The molecule has 0 N–H and O–H groups in total. The van der Waals surface area contributed by atoms with Crippen molar-refractivity contribution < 1.29 is 14.3 Å². The summed E-state index contributed by atoms with van der Waals surface area (Å²) in [5, 5.41) is 0. The van der Waals surface area contributed by atoms with E-state index in [1.807, 2.05) is 0 Å². The first-order valence-corrected chi connectivity index (χ1v) is 6.27. The Morgan fingerprint density at radius 1 is 1.44 bits per heavy atom. The quantitative estimate of drug-likeness (QED) is 0.569. The molecule has 0 fully saturated rings. The summed E-state index contributed by atoms with van der Waals surface area (Å²) in [6, 6.07) is 1.56. The van der Waals surface area contributed by atoms with Crippen LogP contribution in [0.3, 0.4) is 0 Å². The van der Waals surface area contributed by atoms with Gasteiger partial charge in [0.05, 0.1) is 9.90 Å². The van der Waals surface area contributed by atoms with Gasteiger partial charge in [-0.2, -0.15) is 0 Å². The Labute approximate surface area is 108 Å². The predicted molar refractivity (Wildman–Crippen MR) is 66.0 cm³/mol. The maximum atomic E-state index is 11.6. The smallest absolute Gasteiger partial charge is 0.190 e. The maximum Gasteiger partial charge on any atom is 0.190 e. The van der Waals surface area contributed by atoms with Crippen LogP contribution in [0.25, 0.3) is 0 Å². The first-order valence-electron chi connectivity index (χ1n) is 4.70. The third-order valence-electron chi connectivity index (χ3n) is 1.83. The van der Waals surface area contributed by atoms with Gasteiger partial charge in [0.25, 0.3) is 0 Å². The number of ketones is 1. The lowest BCUT2D eigenvalue weighted by atomic mass is 10.2. The number of thiophene rings is 1. The van der Waals surface area contributed by atoms with Crippen molar-refractivity contribution in [3.8, 4) is 0 Å². The number of carbonyl (C=O) groups excluding carboxylic acids is 1. The molecule has 1 aromatic heterocycles. The SMILES string of the molecule is COCCCOCC(=O)c1cc(Cl)sc1Cl. The normalized spacial score (nSPS) is 10.7. The minimum Gasteiger partial charge on any atom is -0.385 e. The van der Waals surface area contributed by atoms with Crippen molar-refractivity contribution >= 4 is 40.3 Å². The third-order valence-corrected chi connectivity index (χ3v) is 3.31. The Morgan fingerprint density at radius 2 is 2.19 bits per heavy atom.